The summed E-state index contributed by atoms with van der Waals surface area (Å²) in [5, 5.41) is 0. The summed E-state index contributed by atoms with van der Waals surface area (Å²) in [5.74, 6) is 2.14. The Bertz CT molecular complexity index is 1390. The molecule has 1 aliphatic carbocycles. The number of carbonyl (C=O) groups excluding carboxylic acids is 1. The Balaban J connectivity index is 1.21. The molecule has 0 radical (unpaired) electrons. The van der Waals surface area contributed by atoms with Gasteiger partial charge in [-0.3, -0.25) is 4.79 Å². The number of likely N-dealkylation sites (tertiary alicyclic amines) is 1. The number of hydrogen-bond donors (Lipinski definition) is 1. The molecule has 1 aliphatic heterocycles. The van der Waals surface area contributed by atoms with Crippen molar-refractivity contribution in [3.8, 4) is 11.3 Å². The second-order valence-corrected chi connectivity index (χ2v) is 10.0. The van der Waals surface area contributed by atoms with Gasteiger partial charge < -0.3 is 14.3 Å². The predicted molar refractivity (Wildman–Crippen MR) is 133 cm³/mol. The zero-order valence-electron chi connectivity index (χ0n) is 20.1. The number of rotatable bonds is 4. The van der Waals surface area contributed by atoms with Crippen molar-refractivity contribution < 1.29 is 4.79 Å². The highest BCUT2D eigenvalue weighted by Crippen LogP contribution is 2.45. The first-order valence-corrected chi connectivity index (χ1v) is 12.4. The molecule has 4 heterocycles. The van der Waals surface area contributed by atoms with Crippen LogP contribution in [0.15, 0.2) is 42.9 Å². The molecule has 0 bridgehead atoms. The number of hydrogen-bond acceptors (Lipinski definition) is 3. The van der Waals surface area contributed by atoms with E-state index in [1.165, 1.54) is 29.5 Å². The van der Waals surface area contributed by atoms with E-state index in [1.807, 2.05) is 31.1 Å². The van der Waals surface area contributed by atoms with E-state index in [1.54, 1.807) is 0 Å². The van der Waals surface area contributed by atoms with Gasteiger partial charge in [-0.2, -0.15) is 0 Å². The van der Waals surface area contributed by atoms with Crippen molar-refractivity contribution in [3.05, 3.63) is 76.8 Å². The van der Waals surface area contributed by atoms with Crippen LogP contribution < -0.4 is 0 Å². The van der Waals surface area contributed by atoms with Crippen molar-refractivity contribution in [2.45, 2.75) is 58.3 Å². The van der Waals surface area contributed by atoms with E-state index < -0.39 is 0 Å². The van der Waals surface area contributed by atoms with Crippen LogP contribution in [-0.4, -0.2) is 43.2 Å². The fraction of sp³-hybridized carbons (Fsp3) is 0.393. The molecule has 0 atom stereocenters. The number of H-pyrrole nitrogens is 1. The highest BCUT2D eigenvalue weighted by atomic mass is 16.2. The maximum Gasteiger partial charge on any atom is 0.253 e. The summed E-state index contributed by atoms with van der Waals surface area (Å²) in [6.07, 6.45) is 8.39. The number of pyridine rings is 1. The lowest BCUT2D eigenvalue weighted by Crippen LogP contribution is -2.38. The first-order valence-electron chi connectivity index (χ1n) is 12.4. The van der Waals surface area contributed by atoms with Crippen molar-refractivity contribution >= 4 is 11.4 Å². The zero-order chi connectivity index (χ0) is 23.4. The van der Waals surface area contributed by atoms with Crippen LogP contribution in [0, 0.1) is 20.8 Å². The van der Waals surface area contributed by atoms with Gasteiger partial charge in [0.2, 0.25) is 0 Å². The molecular formula is C28H31N5O. The second kappa shape index (κ2) is 8.12. The zero-order valence-corrected chi connectivity index (χ0v) is 20.1. The molecule has 3 aromatic heterocycles. The Morgan fingerprint density at radius 2 is 1.76 bits per heavy atom. The van der Waals surface area contributed by atoms with Crippen LogP contribution >= 0.6 is 0 Å². The Labute approximate surface area is 200 Å². The quantitative estimate of drug-likeness (QED) is 0.441. The molecule has 174 valence electrons. The number of amides is 1. The smallest absolute Gasteiger partial charge is 0.253 e. The van der Waals surface area contributed by atoms with Gasteiger partial charge in [0.25, 0.3) is 5.91 Å². The van der Waals surface area contributed by atoms with Crippen molar-refractivity contribution in [2.24, 2.45) is 0 Å². The van der Waals surface area contributed by atoms with E-state index in [9.17, 15) is 4.79 Å². The molecular weight excluding hydrogens is 422 g/mol. The lowest BCUT2D eigenvalue weighted by molar-refractivity contribution is 0.0713. The van der Waals surface area contributed by atoms with Gasteiger partial charge in [0.05, 0.1) is 28.9 Å². The third-order valence-corrected chi connectivity index (χ3v) is 7.60. The number of nitrogens with one attached hydrogen (secondary N) is 1. The second-order valence-electron chi connectivity index (χ2n) is 10.0. The molecule has 2 aliphatic rings. The number of aromatic amines is 1. The van der Waals surface area contributed by atoms with Gasteiger partial charge >= 0.3 is 0 Å². The highest BCUT2D eigenvalue weighted by Gasteiger charge is 2.30. The van der Waals surface area contributed by atoms with Crippen molar-refractivity contribution in [2.75, 3.05) is 13.1 Å². The summed E-state index contributed by atoms with van der Waals surface area (Å²) < 4.78 is 2.07. The first-order chi connectivity index (χ1) is 16.5. The number of aromatic nitrogens is 4. The minimum absolute atomic E-state index is 0.137. The lowest BCUT2D eigenvalue weighted by Gasteiger charge is -2.32. The van der Waals surface area contributed by atoms with Crippen LogP contribution in [0.1, 0.15) is 76.2 Å². The van der Waals surface area contributed by atoms with Crippen LogP contribution in [0.2, 0.25) is 0 Å². The molecule has 6 heteroatoms. The first kappa shape index (κ1) is 21.1. The largest absolute Gasteiger partial charge is 0.342 e. The van der Waals surface area contributed by atoms with Crippen LogP contribution in [0.25, 0.3) is 16.8 Å². The minimum atomic E-state index is 0.137. The van der Waals surface area contributed by atoms with Crippen LogP contribution in [0.4, 0.5) is 0 Å². The lowest BCUT2D eigenvalue weighted by atomic mass is 9.89. The van der Waals surface area contributed by atoms with E-state index in [-0.39, 0.29) is 5.91 Å². The molecule has 1 N–H and O–H groups in total. The highest BCUT2D eigenvalue weighted by molar-refractivity contribution is 5.96. The molecule has 2 fully saturated rings. The molecule has 0 unspecified atom stereocenters. The van der Waals surface area contributed by atoms with E-state index >= 15 is 0 Å². The molecule has 1 saturated carbocycles. The summed E-state index contributed by atoms with van der Waals surface area (Å²) in [4.78, 5) is 27.9. The van der Waals surface area contributed by atoms with Crippen LogP contribution in [-0.2, 0) is 0 Å². The molecule has 1 saturated heterocycles. The number of aryl methyl sites for hydroxylation is 3. The number of carbonyl (C=O) groups is 1. The third-order valence-electron chi connectivity index (χ3n) is 7.60. The molecule has 1 aromatic carbocycles. The topological polar surface area (TPSA) is 66.3 Å². The monoisotopic (exact) mass is 453 g/mol. The molecule has 34 heavy (non-hydrogen) atoms. The molecule has 6 nitrogen and oxygen atoms in total. The number of benzene rings is 1. The third kappa shape index (κ3) is 3.71. The van der Waals surface area contributed by atoms with Gasteiger partial charge in [-0.1, -0.05) is 6.07 Å². The number of piperidine rings is 1. The number of imidazole rings is 2. The molecule has 1 amide bonds. The van der Waals surface area contributed by atoms with E-state index in [4.69, 9.17) is 0 Å². The average Bonchev–Trinajstić information content (AvgIpc) is 3.56. The van der Waals surface area contributed by atoms with Crippen LogP contribution in [0.5, 0.6) is 0 Å². The van der Waals surface area contributed by atoms with Gasteiger partial charge in [0.15, 0.2) is 0 Å². The SMILES string of the molecule is Cc1nc(C)c(-c2cc(C(=O)N3CCC(c4ccn5cnc(C)c5c4)CC3)ccc2C2CC2)[nH]1. The maximum atomic E-state index is 13.5. The average molecular weight is 454 g/mol. The van der Waals surface area contributed by atoms with E-state index in [0.29, 0.717) is 11.8 Å². The fourth-order valence-electron chi connectivity index (χ4n) is 5.51. The summed E-state index contributed by atoms with van der Waals surface area (Å²) >= 11 is 0. The summed E-state index contributed by atoms with van der Waals surface area (Å²) in [6, 6.07) is 10.8. The summed E-state index contributed by atoms with van der Waals surface area (Å²) in [5.41, 5.74) is 8.89. The normalized spacial score (nSPS) is 17.0. The van der Waals surface area contributed by atoms with Crippen molar-refractivity contribution in [1.82, 2.24) is 24.3 Å². The Morgan fingerprint density at radius 3 is 2.47 bits per heavy atom. The Kier molecular flexibility index (Phi) is 5.05. The van der Waals surface area contributed by atoms with Gasteiger partial charge in [-0.15, -0.1) is 0 Å². The van der Waals surface area contributed by atoms with Gasteiger partial charge in [0.1, 0.15) is 5.82 Å². The Morgan fingerprint density at radius 1 is 0.971 bits per heavy atom. The Hall–Kier alpha value is -3.41. The maximum absolute atomic E-state index is 13.5. The van der Waals surface area contributed by atoms with Crippen molar-refractivity contribution in [3.63, 3.8) is 0 Å². The summed E-state index contributed by atoms with van der Waals surface area (Å²) in [6.45, 7) is 7.65. The summed E-state index contributed by atoms with van der Waals surface area (Å²) in [7, 11) is 0. The van der Waals surface area contributed by atoms with E-state index in [0.717, 1.165) is 60.0 Å². The number of nitrogens with zero attached hydrogens (tertiary/aromatic N) is 4. The molecule has 4 aromatic rings. The number of fused-ring (bicyclic) bond motifs is 1. The van der Waals surface area contributed by atoms with Crippen molar-refractivity contribution in [1.29, 1.82) is 0 Å². The standard InChI is InChI=1S/C28H31N5O/c1-17-26-15-22(10-13-33(26)16-29-17)20-8-11-32(12-9-20)28(34)23-6-7-24(21-4-5-21)25(14-23)27-18(2)30-19(3)31-27/h6-7,10,13-16,20-21H,4-5,8-9,11-12H2,1-3H3,(H,30,31). The van der Waals surface area contributed by atoms with E-state index in [2.05, 4.69) is 56.7 Å². The van der Waals surface area contributed by atoms with Gasteiger partial charge in [-0.25, -0.2) is 9.97 Å². The minimum Gasteiger partial charge on any atom is -0.342 e. The predicted octanol–water partition coefficient (Wildman–Crippen LogP) is 5.55. The van der Waals surface area contributed by atoms with Crippen LogP contribution in [0.3, 0.4) is 0 Å². The fourth-order valence-corrected chi connectivity index (χ4v) is 5.51. The molecule has 6 rings (SSSR count). The van der Waals surface area contributed by atoms with Gasteiger partial charge in [-0.05, 0) is 93.7 Å². The molecule has 0 spiro atoms. The van der Waals surface area contributed by atoms with Gasteiger partial charge in [0, 0.05) is 30.4 Å².